The average molecular weight is 720 g/mol. The highest BCUT2D eigenvalue weighted by molar-refractivity contribution is 7.80. The topological polar surface area (TPSA) is 110 Å². The predicted octanol–water partition coefficient (Wildman–Crippen LogP) is 10.0. The number of carbonyl (C=O) groups is 1. The molecule has 5 rings (SSSR count). The Hall–Kier alpha value is -3.83. The van der Waals surface area contributed by atoms with E-state index in [4.69, 9.17) is 47.0 Å². The van der Waals surface area contributed by atoms with Gasteiger partial charge in [0.05, 0.1) is 17.3 Å². The standard InChI is InChI=1S/C37H29Cl3N2O5S/c38-37(39,40)34(32(25-13-6-2-7-14-25)35(43)28-17-10-18-30(23-28)42(46)47)33(26-15-8-3-9-16-26)36(48)31(24-11-4-1-5-12-24)27-19-21-29(22-20-27)41(44)45/h1-23,31-34,44,46H/q-2. The molecule has 7 nitrogen and oxygen atoms in total. The predicted molar refractivity (Wildman–Crippen MR) is 196 cm³/mol. The molecule has 0 saturated carbocycles. The summed E-state index contributed by atoms with van der Waals surface area (Å²) < 4.78 is -2.08. The van der Waals surface area contributed by atoms with Gasteiger partial charge in [0.15, 0.2) is 9.58 Å². The SMILES string of the molecule is O=C(c1cccc(N([O-])O)c1)C(c1ccccc1)C(C(C(=S)C(c1ccccc1)c1ccc(N([O-])O)cc1)c1ccccc1)C(Cl)(Cl)Cl. The van der Waals surface area contributed by atoms with E-state index in [0.29, 0.717) is 21.6 Å². The summed E-state index contributed by atoms with van der Waals surface area (Å²) >= 11 is 27.3. The molecule has 4 unspecified atom stereocenters. The van der Waals surface area contributed by atoms with E-state index in [0.717, 1.165) is 5.56 Å². The first kappa shape index (κ1) is 35.5. The van der Waals surface area contributed by atoms with Crippen LogP contribution in [0.5, 0.6) is 0 Å². The summed E-state index contributed by atoms with van der Waals surface area (Å²) in [7, 11) is 0. The van der Waals surface area contributed by atoms with Crippen molar-refractivity contribution in [3.8, 4) is 0 Å². The van der Waals surface area contributed by atoms with Crippen molar-refractivity contribution in [3.05, 3.63) is 178 Å². The number of hydrogen-bond acceptors (Lipinski definition) is 8. The highest BCUT2D eigenvalue weighted by atomic mass is 35.6. The molecule has 11 heteroatoms. The minimum absolute atomic E-state index is 0.0340. The Morgan fingerprint density at radius 2 is 1.06 bits per heavy atom. The van der Waals surface area contributed by atoms with Gasteiger partial charge in [0.1, 0.15) is 0 Å². The molecular weight excluding hydrogens is 691 g/mol. The Balaban J connectivity index is 1.75. The molecular formula is C37H29Cl3N2O5S-2. The zero-order valence-electron chi connectivity index (χ0n) is 25.1. The molecule has 0 amide bonds. The van der Waals surface area contributed by atoms with Gasteiger partial charge >= 0.3 is 0 Å². The lowest BCUT2D eigenvalue weighted by Crippen LogP contribution is -2.40. The van der Waals surface area contributed by atoms with E-state index in [1.807, 2.05) is 60.7 Å². The fraction of sp³-hybridized carbons (Fsp3) is 0.135. The van der Waals surface area contributed by atoms with Crippen molar-refractivity contribution in [1.82, 2.24) is 0 Å². The minimum Gasteiger partial charge on any atom is -0.733 e. The first-order valence-corrected chi connectivity index (χ1v) is 16.3. The maximum absolute atomic E-state index is 14.7. The van der Waals surface area contributed by atoms with Crippen LogP contribution in [0.2, 0.25) is 0 Å². The van der Waals surface area contributed by atoms with Crippen LogP contribution in [0, 0.1) is 16.3 Å². The fourth-order valence-electron chi connectivity index (χ4n) is 6.06. The molecule has 48 heavy (non-hydrogen) atoms. The molecule has 0 fully saturated rings. The normalized spacial score (nSPS) is 14.0. The van der Waals surface area contributed by atoms with Gasteiger partial charge in [0.25, 0.3) is 0 Å². The third kappa shape index (κ3) is 8.06. The van der Waals surface area contributed by atoms with Crippen molar-refractivity contribution in [2.75, 3.05) is 10.5 Å². The number of benzene rings is 5. The van der Waals surface area contributed by atoms with Crippen LogP contribution in [0.3, 0.4) is 0 Å². The number of anilines is 2. The Morgan fingerprint density at radius 3 is 1.54 bits per heavy atom. The summed E-state index contributed by atoms with van der Waals surface area (Å²) in [4.78, 5) is 15.1. The smallest absolute Gasteiger partial charge is 0.195 e. The van der Waals surface area contributed by atoms with Crippen molar-refractivity contribution in [3.63, 3.8) is 0 Å². The van der Waals surface area contributed by atoms with Gasteiger partial charge in [-0.2, -0.15) is 0 Å². The number of thiocarbonyl (C=S) groups is 1. The molecule has 0 aliphatic heterocycles. The molecule has 0 radical (unpaired) electrons. The molecule has 2 N–H and O–H groups in total. The summed E-state index contributed by atoms with van der Waals surface area (Å²) in [5.74, 6) is -4.08. The van der Waals surface area contributed by atoms with Gasteiger partial charge < -0.3 is 20.9 Å². The Bertz CT molecular complexity index is 1820. The summed E-state index contributed by atoms with van der Waals surface area (Å²) in [5, 5.41) is 41.9. The molecule has 0 aliphatic carbocycles. The number of halogens is 3. The number of nitrogens with zero attached hydrogens (tertiary/aromatic N) is 2. The Morgan fingerprint density at radius 1 is 0.604 bits per heavy atom. The maximum Gasteiger partial charge on any atom is 0.195 e. The number of carbonyl (C=O) groups excluding carboxylic acids is 1. The second-order valence-electron chi connectivity index (χ2n) is 11.1. The van der Waals surface area contributed by atoms with E-state index < -0.39 is 33.2 Å². The van der Waals surface area contributed by atoms with E-state index >= 15 is 0 Å². The fourth-order valence-corrected chi connectivity index (χ4v) is 7.37. The van der Waals surface area contributed by atoms with Gasteiger partial charge in [-0.3, -0.25) is 15.2 Å². The number of hydrogen-bond donors (Lipinski definition) is 2. The minimum atomic E-state index is -2.08. The van der Waals surface area contributed by atoms with Crippen molar-refractivity contribution in [2.45, 2.75) is 21.5 Å². The molecule has 4 atom stereocenters. The first-order valence-electron chi connectivity index (χ1n) is 14.8. The van der Waals surface area contributed by atoms with Crippen LogP contribution in [0.1, 0.15) is 50.4 Å². The summed E-state index contributed by atoms with van der Waals surface area (Å²) in [6, 6.07) is 39.6. The molecule has 0 bridgehead atoms. The van der Waals surface area contributed by atoms with Gasteiger partial charge in [-0.1, -0.05) is 162 Å². The van der Waals surface area contributed by atoms with Crippen LogP contribution in [0.4, 0.5) is 11.4 Å². The second-order valence-corrected chi connectivity index (χ2v) is 14.0. The summed E-state index contributed by atoms with van der Waals surface area (Å²) in [6.45, 7) is 0. The quantitative estimate of drug-likeness (QED) is 0.0568. The van der Waals surface area contributed by atoms with Crippen LogP contribution in [-0.2, 0) is 0 Å². The van der Waals surface area contributed by atoms with Crippen molar-refractivity contribution in [2.24, 2.45) is 5.92 Å². The van der Waals surface area contributed by atoms with Crippen LogP contribution >= 0.6 is 47.0 Å². The first-order chi connectivity index (χ1) is 23.0. The number of ketones is 1. The molecule has 246 valence electrons. The Kier molecular flexibility index (Phi) is 11.5. The van der Waals surface area contributed by atoms with E-state index in [1.165, 1.54) is 36.4 Å². The monoisotopic (exact) mass is 718 g/mol. The number of Topliss-reactive ketones (excluding diaryl/α,β-unsaturated/α-hetero) is 1. The van der Waals surface area contributed by atoms with Gasteiger partial charge in [0.2, 0.25) is 0 Å². The summed E-state index contributed by atoms with van der Waals surface area (Å²) in [6.07, 6.45) is 0. The van der Waals surface area contributed by atoms with E-state index in [-0.39, 0.29) is 27.4 Å². The van der Waals surface area contributed by atoms with Crippen molar-refractivity contribution in [1.29, 1.82) is 0 Å². The van der Waals surface area contributed by atoms with Crippen molar-refractivity contribution < 1.29 is 15.2 Å². The number of rotatable bonds is 12. The lowest BCUT2D eigenvalue weighted by atomic mass is 9.68. The van der Waals surface area contributed by atoms with E-state index in [1.54, 1.807) is 42.5 Å². The van der Waals surface area contributed by atoms with E-state index in [9.17, 15) is 25.6 Å². The molecule has 0 aliphatic rings. The highest BCUT2D eigenvalue weighted by Gasteiger charge is 2.50. The zero-order chi connectivity index (χ0) is 34.4. The molecule has 0 spiro atoms. The van der Waals surface area contributed by atoms with Gasteiger partial charge in [-0.05, 0) is 46.5 Å². The second kappa shape index (κ2) is 15.6. The lowest BCUT2D eigenvalue weighted by Gasteiger charge is -2.40. The van der Waals surface area contributed by atoms with Crippen molar-refractivity contribution >= 4 is 69.0 Å². The molecule has 5 aromatic rings. The van der Waals surface area contributed by atoms with Gasteiger partial charge in [0, 0.05) is 28.2 Å². The number of alkyl halides is 3. The van der Waals surface area contributed by atoms with Gasteiger partial charge in [-0.25, -0.2) is 0 Å². The third-order valence-corrected chi connectivity index (χ3v) is 9.46. The highest BCUT2D eigenvalue weighted by Crippen LogP contribution is 2.53. The Labute approximate surface area is 298 Å². The van der Waals surface area contributed by atoms with Crippen LogP contribution in [0.25, 0.3) is 0 Å². The molecule has 0 aromatic heterocycles. The van der Waals surface area contributed by atoms with Crippen LogP contribution in [-0.4, -0.2) is 24.9 Å². The average Bonchev–Trinajstić information content (AvgIpc) is 3.09. The molecule has 0 saturated heterocycles. The zero-order valence-corrected chi connectivity index (χ0v) is 28.2. The lowest BCUT2D eigenvalue weighted by molar-refractivity contribution is 0.0926. The maximum atomic E-state index is 14.7. The van der Waals surface area contributed by atoms with Crippen LogP contribution < -0.4 is 10.5 Å². The third-order valence-electron chi connectivity index (χ3n) is 8.22. The van der Waals surface area contributed by atoms with E-state index in [2.05, 4.69) is 0 Å². The summed E-state index contributed by atoms with van der Waals surface area (Å²) in [5.41, 5.74) is 2.78. The molecule has 5 aromatic carbocycles. The molecule has 0 heterocycles. The van der Waals surface area contributed by atoms with Crippen LogP contribution in [0.15, 0.2) is 140 Å². The largest absolute Gasteiger partial charge is 0.733 e. The van der Waals surface area contributed by atoms with Gasteiger partial charge in [-0.15, -0.1) is 0 Å².